The van der Waals surface area contributed by atoms with Gasteiger partial charge in [-0.15, -0.1) is 0 Å². The van der Waals surface area contributed by atoms with Gasteiger partial charge in [-0.1, -0.05) is 0 Å². The molecule has 6 heteroatoms. The van der Waals surface area contributed by atoms with Gasteiger partial charge in [-0.3, -0.25) is 10.1 Å². The van der Waals surface area contributed by atoms with Crippen molar-refractivity contribution >= 4 is 17.8 Å². The van der Waals surface area contributed by atoms with Crippen LogP contribution >= 0.6 is 0 Å². The van der Waals surface area contributed by atoms with Crippen LogP contribution in [0.1, 0.15) is 5.76 Å². The molecule has 0 aliphatic carbocycles. The molecule has 1 aromatic heterocycles. The molecule has 0 saturated heterocycles. The van der Waals surface area contributed by atoms with Crippen LogP contribution in [-0.2, 0) is 0 Å². The Bertz CT molecular complexity index is 413. The van der Waals surface area contributed by atoms with E-state index in [2.05, 4.69) is 11.0 Å². The van der Waals surface area contributed by atoms with Crippen LogP contribution in [0.2, 0.25) is 0 Å². The molecule has 0 aliphatic heterocycles. The Morgan fingerprint density at radius 1 is 1.64 bits per heavy atom. The lowest BCUT2D eigenvalue weighted by Gasteiger charge is -1.81. The Balaban J connectivity index is 2.73. The first-order valence-electron chi connectivity index (χ1n) is 3.58. The minimum Gasteiger partial charge on any atom is -0.404 e. The highest BCUT2D eigenvalue weighted by atomic mass is 16.6. The van der Waals surface area contributed by atoms with Crippen LogP contribution in [0.15, 0.2) is 33.9 Å². The van der Waals surface area contributed by atoms with Crippen LogP contribution in [0.5, 0.6) is 0 Å². The molecular weight excluding hydrogens is 188 g/mol. The Morgan fingerprint density at radius 3 is 3.00 bits per heavy atom. The zero-order chi connectivity index (χ0) is 10.4. The third kappa shape index (κ3) is 2.62. The van der Waals surface area contributed by atoms with Crippen LogP contribution in [0.4, 0.5) is 5.88 Å². The standard InChI is InChI=1S/C8H6N2O4/c11-9-6-2-1-3-7-4-5-8(14-7)10(12)13/h1-5,11H/b3-1+. The first-order chi connectivity index (χ1) is 6.74. The van der Waals surface area contributed by atoms with Crippen LogP contribution in [0.25, 0.3) is 6.08 Å². The van der Waals surface area contributed by atoms with Crippen molar-refractivity contribution in [1.82, 2.24) is 0 Å². The Kier molecular flexibility index (Phi) is 3.23. The van der Waals surface area contributed by atoms with Gasteiger partial charge in [-0.25, -0.2) is 0 Å². The fourth-order valence-electron chi connectivity index (χ4n) is 0.749. The maximum absolute atomic E-state index is 10.2. The third-order valence-electron chi connectivity index (χ3n) is 1.28. The minimum atomic E-state index is -0.623. The summed E-state index contributed by atoms with van der Waals surface area (Å²) in [6.45, 7) is 0. The molecule has 0 aliphatic rings. The molecule has 14 heavy (non-hydrogen) atoms. The van der Waals surface area contributed by atoms with Gasteiger partial charge in [0.1, 0.15) is 10.7 Å². The lowest BCUT2D eigenvalue weighted by molar-refractivity contribution is -0.402. The van der Waals surface area contributed by atoms with E-state index in [1.54, 1.807) is 0 Å². The number of allylic oxidation sites excluding steroid dienone is 2. The maximum Gasteiger partial charge on any atom is 0.433 e. The number of hydrogen-bond acceptors (Lipinski definition) is 5. The molecule has 0 bridgehead atoms. The second-order valence-corrected chi connectivity index (χ2v) is 2.19. The summed E-state index contributed by atoms with van der Waals surface area (Å²) in [5, 5.41) is 20.8. The molecule has 1 rings (SSSR count). The fourth-order valence-corrected chi connectivity index (χ4v) is 0.749. The zero-order valence-corrected chi connectivity index (χ0v) is 6.95. The van der Waals surface area contributed by atoms with Gasteiger partial charge in [-0.05, 0) is 23.4 Å². The van der Waals surface area contributed by atoms with Crippen LogP contribution in [0, 0.1) is 10.1 Å². The van der Waals surface area contributed by atoms with Crippen molar-refractivity contribution in [3.8, 4) is 0 Å². The SMILES string of the molecule is O=[N+]([O-])c1ccc(/C=C/C=C=NO)o1. The fraction of sp³-hybridized carbons (Fsp3) is 0. The molecule has 72 valence electrons. The largest absolute Gasteiger partial charge is 0.433 e. The highest BCUT2D eigenvalue weighted by molar-refractivity contribution is 5.58. The molecule has 1 heterocycles. The summed E-state index contributed by atoms with van der Waals surface area (Å²) in [5.74, 6) is 2.17. The topological polar surface area (TPSA) is 88.9 Å². The van der Waals surface area contributed by atoms with E-state index in [9.17, 15) is 10.1 Å². The van der Waals surface area contributed by atoms with E-state index < -0.39 is 4.92 Å². The molecule has 0 saturated carbocycles. The molecule has 0 atom stereocenters. The van der Waals surface area contributed by atoms with Gasteiger partial charge in [0.2, 0.25) is 0 Å². The molecular formula is C8H6N2O4. The van der Waals surface area contributed by atoms with Crippen molar-refractivity contribution in [2.75, 3.05) is 0 Å². The predicted octanol–water partition coefficient (Wildman–Crippen LogP) is 1.82. The van der Waals surface area contributed by atoms with Gasteiger partial charge in [-0.2, -0.15) is 0 Å². The lowest BCUT2D eigenvalue weighted by atomic mass is 10.4. The molecule has 1 aromatic rings. The van der Waals surface area contributed by atoms with E-state index in [1.165, 1.54) is 30.4 Å². The normalized spacial score (nSPS) is 9.71. The van der Waals surface area contributed by atoms with E-state index in [0.29, 0.717) is 5.76 Å². The summed E-state index contributed by atoms with van der Waals surface area (Å²) in [6.07, 6.45) is 4.28. The first kappa shape index (κ1) is 9.76. The highest BCUT2D eigenvalue weighted by Gasteiger charge is 2.09. The summed E-state index contributed by atoms with van der Waals surface area (Å²) in [5.41, 5.74) is 0. The van der Waals surface area contributed by atoms with Crippen molar-refractivity contribution in [1.29, 1.82) is 0 Å². The minimum absolute atomic E-state index is 0.315. The summed E-state index contributed by atoms with van der Waals surface area (Å²) in [7, 11) is 0. The number of rotatable bonds is 3. The molecule has 0 unspecified atom stereocenters. The maximum atomic E-state index is 10.2. The number of hydrogen-bond donors (Lipinski definition) is 1. The first-order valence-corrected chi connectivity index (χ1v) is 3.58. The highest BCUT2D eigenvalue weighted by Crippen LogP contribution is 2.16. The van der Waals surface area contributed by atoms with Gasteiger partial charge in [0.15, 0.2) is 0 Å². The second-order valence-electron chi connectivity index (χ2n) is 2.19. The number of furan rings is 1. The lowest BCUT2D eigenvalue weighted by Crippen LogP contribution is -1.82. The van der Waals surface area contributed by atoms with Crippen LogP contribution in [0.3, 0.4) is 0 Å². The van der Waals surface area contributed by atoms with Crippen LogP contribution < -0.4 is 0 Å². The molecule has 0 amide bonds. The average Bonchev–Trinajstić information content (AvgIpc) is 2.61. The van der Waals surface area contributed by atoms with Gasteiger partial charge >= 0.3 is 5.88 Å². The van der Waals surface area contributed by atoms with Crippen LogP contribution in [-0.4, -0.2) is 16.0 Å². The monoisotopic (exact) mass is 194 g/mol. The van der Waals surface area contributed by atoms with Gasteiger partial charge in [0.05, 0.1) is 6.07 Å². The smallest absolute Gasteiger partial charge is 0.404 e. The van der Waals surface area contributed by atoms with Gasteiger partial charge in [0, 0.05) is 11.9 Å². The number of nitrogens with zero attached hydrogens (tertiary/aromatic N) is 2. The second kappa shape index (κ2) is 4.64. The molecule has 6 nitrogen and oxygen atoms in total. The van der Waals surface area contributed by atoms with E-state index in [0.717, 1.165) is 0 Å². The Morgan fingerprint density at radius 2 is 2.43 bits per heavy atom. The van der Waals surface area contributed by atoms with Crippen molar-refractivity contribution in [2.45, 2.75) is 0 Å². The van der Waals surface area contributed by atoms with E-state index in [-0.39, 0.29) is 5.88 Å². The van der Waals surface area contributed by atoms with Gasteiger partial charge in [0.25, 0.3) is 0 Å². The Labute approximate surface area is 78.6 Å². The van der Waals surface area contributed by atoms with Crippen molar-refractivity contribution in [2.24, 2.45) is 5.16 Å². The molecule has 1 N–H and O–H groups in total. The van der Waals surface area contributed by atoms with E-state index in [4.69, 9.17) is 9.62 Å². The summed E-state index contributed by atoms with van der Waals surface area (Å²) in [4.78, 5) is 9.59. The quantitative estimate of drug-likeness (QED) is 0.261. The molecule has 0 radical (unpaired) electrons. The number of nitro groups is 1. The molecule has 0 spiro atoms. The van der Waals surface area contributed by atoms with E-state index in [1.807, 2.05) is 0 Å². The molecule has 0 fully saturated rings. The Hall–Kier alpha value is -2.33. The predicted molar refractivity (Wildman–Crippen MR) is 48.2 cm³/mol. The van der Waals surface area contributed by atoms with Gasteiger partial charge < -0.3 is 9.62 Å². The summed E-state index contributed by atoms with van der Waals surface area (Å²) in [6, 6.07) is 2.71. The van der Waals surface area contributed by atoms with E-state index >= 15 is 0 Å². The summed E-state index contributed by atoms with van der Waals surface area (Å²) < 4.78 is 4.80. The average molecular weight is 194 g/mol. The van der Waals surface area contributed by atoms with Crippen molar-refractivity contribution in [3.05, 3.63) is 40.2 Å². The molecule has 0 aromatic carbocycles. The van der Waals surface area contributed by atoms with Crippen molar-refractivity contribution < 1.29 is 14.5 Å². The summed E-state index contributed by atoms with van der Waals surface area (Å²) >= 11 is 0. The zero-order valence-electron chi connectivity index (χ0n) is 6.95. The van der Waals surface area contributed by atoms with Crippen molar-refractivity contribution in [3.63, 3.8) is 0 Å². The third-order valence-corrected chi connectivity index (χ3v) is 1.28.